The van der Waals surface area contributed by atoms with E-state index in [4.69, 9.17) is 4.74 Å². The number of methoxy groups -OCH3 is 1. The van der Waals surface area contributed by atoms with Crippen LogP contribution < -0.4 is 0 Å². The van der Waals surface area contributed by atoms with Crippen molar-refractivity contribution in [1.29, 1.82) is 0 Å². The highest BCUT2D eigenvalue weighted by molar-refractivity contribution is 5.89. The molecule has 6 heteroatoms. The fourth-order valence-corrected chi connectivity index (χ4v) is 4.18. The smallest absolute Gasteiger partial charge is 0.228 e. The summed E-state index contributed by atoms with van der Waals surface area (Å²) in [6.45, 7) is 2.14. The molecular formula is C21H29FN2O3. The maximum Gasteiger partial charge on any atom is 0.228 e. The Morgan fingerprint density at radius 1 is 1.26 bits per heavy atom. The second-order valence-corrected chi connectivity index (χ2v) is 7.58. The van der Waals surface area contributed by atoms with Crippen LogP contribution in [0.25, 0.3) is 0 Å². The van der Waals surface area contributed by atoms with Crippen LogP contribution in [0, 0.1) is 11.7 Å². The van der Waals surface area contributed by atoms with E-state index in [2.05, 4.69) is 0 Å². The summed E-state index contributed by atoms with van der Waals surface area (Å²) in [5.74, 6) is -0.376. The van der Waals surface area contributed by atoms with Crippen LogP contribution in [0.5, 0.6) is 0 Å². The lowest BCUT2D eigenvalue weighted by Gasteiger charge is -2.31. The molecule has 0 bridgehead atoms. The van der Waals surface area contributed by atoms with Gasteiger partial charge in [-0.3, -0.25) is 9.59 Å². The largest absolute Gasteiger partial charge is 0.383 e. The molecule has 1 unspecified atom stereocenters. The summed E-state index contributed by atoms with van der Waals surface area (Å²) < 4.78 is 18.2. The first-order valence-electron chi connectivity index (χ1n) is 9.90. The third-order valence-corrected chi connectivity index (χ3v) is 5.73. The van der Waals surface area contributed by atoms with Crippen molar-refractivity contribution in [2.24, 2.45) is 5.92 Å². The molecule has 1 atom stereocenters. The van der Waals surface area contributed by atoms with Crippen LogP contribution in [-0.4, -0.2) is 61.0 Å². The van der Waals surface area contributed by atoms with Crippen LogP contribution in [-0.2, 0) is 20.7 Å². The number of benzene rings is 1. The Labute approximate surface area is 160 Å². The molecule has 27 heavy (non-hydrogen) atoms. The van der Waals surface area contributed by atoms with Crippen molar-refractivity contribution in [3.05, 3.63) is 35.6 Å². The van der Waals surface area contributed by atoms with E-state index in [0.717, 1.165) is 31.2 Å². The number of amides is 2. The normalized spacial score (nSPS) is 20.4. The molecule has 2 fully saturated rings. The number of rotatable bonds is 8. The van der Waals surface area contributed by atoms with Gasteiger partial charge < -0.3 is 14.5 Å². The third kappa shape index (κ3) is 5.06. The van der Waals surface area contributed by atoms with Crippen molar-refractivity contribution in [1.82, 2.24) is 9.80 Å². The Balaban J connectivity index is 1.64. The molecule has 1 aliphatic carbocycles. The zero-order valence-electron chi connectivity index (χ0n) is 16.0. The molecule has 0 aromatic heterocycles. The van der Waals surface area contributed by atoms with Gasteiger partial charge in [0.2, 0.25) is 11.8 Å². The van der Waals surface area contributed by atoms with Gasteiger partial charge in [0.05, 0.1) is 12.5 Å². The number of likely N-dealkylation sites (tertiary alicyclic amines) is 1. The predicted molar refractivity (Wildman–Crippen MR) is 101 cm³/mol. The maximum atomic E-state index is 13.2. The number of carbonyl (C=O) groups is 2. The minimum atomic E-state index is -0.261. The van der Waals surface area contributed by atoms with Gasteiger partial charge in [-0.05, 0) is 37.0 Å². The van der Waals surface area contributed by atoms with Crippen LogP contribution in [0.15, 0.2) is 24.3 Å². The van der Waals surface area contributed by atoms with Crippen molar-refractivity contribution >= 4 is 11.8 Å². The summed E-state index contributed by atoms with van der Waals surface area (Å²) in [6, 6.07) is 6.73. The molecule has 0 radical (unpaired) electrons. The van der Waals surface area contributed by atoms with Crippen LogP contribution >= 0.6 is 0 Å². The Bertz CT molecular complexity index is 643. The first kappa shape index (κ1) is 19.8. The number of hydrogen-bond donors (Lipinski definition) is 0. The molecule has 2 aliphatic rings. The summed E-state index contributed by atoms with van der Waals surface area (Å²) in [5.41, 5.74) is 1.02. The van der Waals surface area contributed by atoms with Crippen molar-refractivity contribution in [3.63, 3.8) is 0 Å². The quantitative estimate of drug-likeness (QED) is 0.701. The summed E-state index contributed by atoms with van der Waals surface area (Å²) in [4.78, 5) is 29.2. The molecule has 0 N–H and O–H groups in total. The standard InChI is InChI=1S/C21H29FN2O3/c1-27-13-12-23-15-17(14-20(23)25)21(26)24(19-4-2-3-5-19)11-10-16-6-8-18(22)9-7-16/h6-9,17,19H,2-5,10-15H2,1H3. The van der Waals surface area contributed by atoms with Gasteiger partial charge in [0.1, 0.15) is 5.82 Å². The predicted octanol–water partition coefficient (Wildman–Crippen LogP) is 2.63. The molecule has 1 aromatic rings. The lowest BCUT2D eigenvalue weighted by atomic mass is 10.0. The average molecular weight is 376 g/mol. The molecule has 5 nitrogen and oxygen atoms in total. The van der Waals surface area contributed by atoms with Gasteiger partial charge >= 0.3 is 0 Å². The van der Waals surface area contributed by atoms with E-state index in [1.165, 1.54) is 12.1 Å². The van der Waals surface area contributed by atoms with Gasteiger partial charge in [0, 0.05) is 39.2 Å². The lowest BCUT2D eigenvalue weighted by Crippen LogP contribution is -2.44. The average Bonchev–Trinajstić information content (AvgIpc) is 3.31. The Hall–Kier alpha value is -1.95. The monoisotopic (exact) mass is 376 g/mol. The van der Waals surface area contributed by atoms with Crippen molar-refractivity contribution in [2.75, 3.05) is 33.4 Å². The van der Waals surface area contributed by atoms with Crippen molar-refractivity contribution in [2.45, 2.75) is 44.6 Å². The number of halogens is 1. The van der Waals surface area contributed by atoms with Crippen LogP contribution in [0.1, 0.15) is 37.7 Å². The summed E-state index contributed by atoms with van der Waals surface area (Å²) in [5, 5.41) is 0. The zero-order valence-corrected chi connectivity index (χ0v) is 16.0. The molecule has 0 spiro atoms. The topological polar surface area (TPSA) is 49.9 Å². The van der Waals surface area contributed by atoms with Crippen LogP contribution in [0.4, 0.5) is 4.39 Å². The van der Waals surface area contributed by atoms with Crippen molar-refractivity contribution < 1.29 is 18.7 Å². The van der Waals surface area contributed by atoms with Gasteiger partial charge in [-0.1, -0.05) is 25.0 Å². The molecule has 1 saturated heterocycles. The van der Waals surface area contributed by atoms with E-state index in [9.17, 15) is 14.0 Å². The molecule has 1 aliphatic heterocycles. The summed E-state index contributed by atoms with van der Waals surface area (Å²) in [7, 11) is 1.61. The minimum Gasteiger partial charge on any atom is -0.383 e. The van der Waals surface area contributed by atoms with Crippen molar-refractivity contribution in [3.8, 4) is 0 Å². The number of ether oxygens (including phenoxy) is 1. The van der Waals surface area contributed by atoms with E-state index in [-0.39, 0.29) is 29.6 Å². The van der Waals surface area contributed by atoms with Gasteiger partial charge in [-0.15, -0.1) is 0 Å². The van der Waals surface area contributed by atoms with E-state index in [0.29, 0.717) is 39.1 Å². The molecular weight excluding hydrogens is 347 g/mol. The zero-order chi connectivity index (χ0) is 19.2. The minimum absolute atomic E-state index is 0.0373. The lowest BCUT2D eigenvalue weighted by molar-refractivity contribution is -0.138. The molecule has 148 valence electrons. The highest BCUT2D eigenvalue weighted by atomic mass is 19.1. The van der Waals surface area contributed by atoms with Gasteiger partial charge in [0.15, 0.2) is 0 Å². The third-order valence-electron chi connectivity index (χ3n) is 5.73. The highest BCUT2D eigenvalue weighted by Gasteiger charge is 2.38. The molecule has 1 heterocycles. The van der Waals surface area contributed by atoms with Gasteiger partial charge in [-0.2, -0.15) is 0 Å². The van der Waals surface area contributed by atoms with Gasteiger partial charge in [0.25, 0.3) is 0 Å². The molecule has 2 amide bonds. The second kappa shape index (κ2) is 9.31. The second-order valence-electron chi connectivity index (χ2n) is 7.58. The fraction of sp³-hybridized carbons (Fsp3) is 0.619. The maximum absolute atomic E-state index is 13.2. The summed E-state index contributed by atoms with van der Waals surface area (Å²) in [6.07, 6.45) is 5.36. The molecule has 3 rings (SSSR count). The SMILES string of the molecule is COCCN1CC(C(=O)N(CCc2ccc(F)cc2)C2CCCC2)CC1=O. The van der Waals surface area contributed by atoms with E-state index in [1.54, 1.807) is 24.1 Å². The summed E-state index contributed by atoms with van der Waals surface area (Å²) >= 11 is 0. The van der Waals surface area contributed by atoms with Gasteiger partial charge in [-0.25, -0.2) is 4.39 Å². The molecule has 1 aromatic carbocycles. The number of carbonyl (C=O) groups excluding carboxylic acids is 2. The fourth-order valence-electron chi connectivity index (χ4n) is 4.18. The highest BCUT2D eigenvalue weighted by Crippen LogP contribution is 2.28. The number of nitrogens with zero attached hydrogens (tertiary/aromatic N) is 2. The van der Waals surface area contributed by atoms with Crippen LogP contribution in [0.3, 0.4) is 0 Å². The number of hydrogen-bond acceptors (Lipinski definition) is 3. The Morgan fingerprint density at radius 2 is 1.96 bits per heavy atom. The van der Waals surface area contributed by atoms with E-state index >= 15 is 0 Å². The first-order chi connectivity index (χ1) is 13.1. The Morgan fingerprint density at radius 3 is 2.63 bits per heavy atom. The van der Waals surface area contributed by atoms with E-state index in [1.807, 2.05) is 4.90 Å². The van der Waals surface area contributed by atoms with Crippen LogP contribution in [0.2, 0.25) is 0 Å². The Kier molecular flexibility index (Phi) is 6.83. The first-order valence-corrected chi connectivity index (χ1v) is 9.90. The van der Waals surface area contributed by atoms with E-state index < -0.39 is 0 Å². The molecule has 1 saturated carbocycles.